The first-order valence-electron chi connectivity index (χ1n) is 7.76. The van der Waals surface area contributed by atoms with Gasteiger partial charge >= 0.3 is 0 Å². The lowest BCUT2D eigenvalue weighted by molar-refractivity contribution is 1.46. The molecule has 0 saturated carbocycles. The molecule has 2 nitrogen and oxygen atoms in total. The second-order valence-electron chi connectivity index (χ2n) is 5.98. The van der Waals surface area contributed by atoms with Crippen molar-refractivity contribution >= 4 is 43.1 Å². The third-order valence-corrected chi connectivity index (χ3v) is 6.64. The van der Waals surface area contributed by atoms with Crippen LogP contribution in [0.15, 0.2) is 60.7 Å². The van der Waals surface area contributed by atoms with Crippen LogP contribution in [-0.4, -0.2) is 9.97 Å². The van der Waals surface area contributed by atoms with Gasteiger partial charge in [-0.05, 0) is 41.5 Å². The van der Waals surface area contributed by atoms with Crippen LogP contribution in [0.1, 0.15) is 0 Å². The maximum atomic E-state index is 4.87. The quantitative estimate of drug-likeness (QED) is 0.327. The van der Waals surface area contributed by atoms with Crippen LogP contribution < -0.4 is 0 Å². The van der Waals surface area contributed by atoms with Gasteiger partial charge in [0.2, 0.25) is 0 Å². The number of fused-ring (bicyclic) bond motifs is 9. The zero-order valence-corrected chi connectivity index (χ0v) is 14.1. The second kappa shape index (κ2) is 4.50. The fourth-order valence-corrected chi connectivity index (χ4v) is 5.13. The van der Waals surface area contributed by atoms with Crippen molar-refractivity contribution in [2.24, 2.45) is 0 Å². The summed E-state index contributed by atoms with van der Waals surface area (Å²) in [5, 5.41) is 2.14. The van der Waals surface area contributed by atoms with Crippen LogP contribution >= 0.6 is 22.7 Å². The van der Waals surface area contributed by atoms with E-state index in [9.17, 15) is 0 Å². The van der Waals surface area contributed by atoms with Crippen LogP contribution in [0.5, 0.6) is 0 Å². The standard InChI is InChI=1S/C20H10N2S2/c1-2-13-8-14(3-1)20-22-16-10-12(5-7-18(16)24-20)11-4-6-17-15(9-11)21-19(13)23-17/h1-10H. The number of hydrogen-bond acceptors (Lipinski definition) is 4. The average Bonchev–Trinajstić information content (AvgIpc) is 3.23. The Morgan fingerprint density at radius 3 is 1.62 bits per heavy atom. The Morgan fingerprint density at radius 2 is 1.08 bits per heavy atom. The normalized spacial score (nSPS) is 12.2. The Hall–Kier alpha value is -2.56. The van der Waals surface area contributed by atoms with E-state index >= 15 is 0 Å². The van der Waals surface area contributed by atoms with E-state index in [1.807, 2.05) is 0 Å². The molecule has 0 atom stereocenters. The number of thiazole rings is 2. The monoisotopic (exact) mass is 342 g/mol. The predicted molar refractivity (Wildman–Crippen MR) is 103 cm³/mol. The van der Waals surface area contributed by atoms with E-state index in [1.54, 1.807) is 22.7 Å². The van der Waals surface area contributed by atoms with Crippen LogP contribution in [0.3, 0.4) is 0 Å². The Morgan fingerprint density at radius 1 is 0.542 bits per heavy atom. The first kappa shape index (κ1) is 12.8. The fourth-order valence-electron chi connectivity index (χ4n) is 3.25. The molecule has 8 bridgehead atoms. The maximum Gasteiger partial charge on any atom is 0.124 e. The molecule has 2 aromatic heterocycles. The molecule has 0 unspecified atom stereocenters. The zero-order valence-electron chi connectivity index (χ0n) is 12.5. The summed E-state index contributed by atoms with van der Waals surface area (Å²) in [6.45, 7) is 0. The van der Waals surface area contributed by atoms with Crippen LogP contribution in [0.25, 0.3) is 52.7 Å². The molecule has 0 spiro atoms. The third-order valence-electron chi connectivity index (χ3n) is 4.46. The molecule has 0 radical (unpaired) electrons. The van der Waals surface area contributed by atoms with Crippen molar-refractivity contribution in [1.82, 2.24) is 9.97 Å². The lowest BCUT2D eigenvalue weighted by Gasteiger charge is -2.01. The van der Waals surface area contributed by atoms with Gasteiger partial charge in [-0.2, -0.15) is 0 Å². The summed E-state index contributed by atoms with van der Waals surface area (Å²) in [5.74, 6) is 0. The molecular weight excluding hydrogens is 332 g/mol. The maximum absolute atomic E-state index is 4.87. The minimum Gasteiger partial charge on any atom is -0.236 e. The molecule has 4 heteroatoms. The van der Waals surface area contributed by atoms with Crippen molar-refractivity contribution in [2.45, 2.75) is 0 Å². The molecule has 0 saturated heterocycles. The second-order valence-corrected chi connectivity index (χ2v) is 8.05. The minimum absolute atomic E-state index is 1.07. The van der Waals surface area contributed by atoms with Crippen molar-refractivity contribution in [1.29, 1.82) is 0 Å². The molecule has 0 fully saturated rings. The van der Waals surface area contributed by atoms with Gasteiger partial charge < -0.3 is 0 Å². The highest BCUT2D eigenvalue weighted by molar-refractivity contribution is 7.22. The molecule has 3 aromatic carbocycles. The van der Waals surface area contributed by atoms with Crippen molar-refractivity contribution < 1.29 is 0 Å². The Labute approximate surface area is 146 Å². The zero-order chi connectivity index (χ0) is 15.7. The summed E-state index contributed by atoms with van der Waals surface area (Å²) >= 11 is 3.49. The van der Waals surface area contributed by atoms with Crippen LogP contribution in [-0.2, 0) is 0 Å². The van der Waals surface area contributed by atoms with Gasteiger partial charge in [0.05, 0.1) is 20.4 Å². The number of hydrogen-bond donors (Lipinski definition) is 0. The van der Waals surface area contributed by atoms with Gasteiger partial charge in [0, 0.05) is 11.1 Å². The smallest absolute Gasteiger partial charge is 0.124 e. The highest BCUT2D eigenvalue weighted by atomic mass is 32.1. The van der Waals surface area contributed by atoms with Gasteiger partial charge in [0.1, 0.15) is 10.0 Å². The molecule has 112 valence electrons. The molecule has 0 N–H and O–H groups in total. The molecule has 1 aliphatic rings. The number of nitrogens with zero attached hydrogens (tertiary/aromatic N) is 2. The van der Waals surface area contributed by atoms with Gasteiger partial charge in [0.15, 0.2) is 0 Å². The summed E-state index contributed by atoms with van der Waals surface area (Å²) in [4.78, 5) is 9.75. The Balaban J connectivity index is 1.82. The summed E-state index contributed by atoms with van der Waals surface area (Å²) < 4.78 is 2.46. The number of aromatic nitrogens is 2. The molecular formula is C20H10N2S2. The summed E-state index contributed by atoms with van der Waals surface area (Å²) in [6.07, 6.45) is 0. The molecule has 0 aliphatic carbocycles. The van der Waals surface area contributed by atoms with Crippen LogP contribution in [0, 0.1) is 0 Å². The average molecular weight is 342 g/mol. The summed E-state index contributed by atoms with van der Waals surface area (Å²) in [5.41, 5.74) is 6.84. The van der Waals surface area contributed by atoms with E-state index in [2.05, 4.69) is 60.7 Å². The predicted octanol–water partition coefficient (Wildman–Crippen LogP) is 6.22. The van der Waals surface area contributed by atoms with Crippen LogP contribution in [0.4, 0.5) is 0 Å². The first-order valence-corrected chi connectivity index (χ1v) is 9.39. The van der Waals surface area contributed by atoms with Crippen LogP contribution in [0.2, 0.25) is 0 Å². The Kier molecular flexibility index (Phi) is 2.40. The van der Waals surface area contributed by atoms with Crippen molar-refractivity contribution in [2.75, 3.05) is 0 Å². The van der Waals surface area contributed by atoms with Gasteiger partial charge in [-0.25, -0.2) is 9.97 Å². The van der Waals surface area contributed by atoms with Gasteiger partial charge in [-0.1, -0.05) is 30.3 Å². The lowest BCUT2D eigenvalue weighted by atomic mass is 10.1. The van der Waals surface area contributed by atoms with Gasteiger partial charge in [-0.15, -0.1) is 22.7 Å². The number of benzene rings is 3. The molecule has 1 aliphatic heterocycles. The summed E-state index contributed by atoms with van der Waals surface area (Å²) in [6, 6.07) is 21.7. The van der Waals surface area contributed by atoms with E-state index in [0.29, 0.717) is 0 Å². The van der Waals surface area contributed by atoms with E-state index < -0.39 is 0 Å². The van der Waals surface area contributed by atoms with Crippen molar-refractivity contribution in [3.63, 3.8) is 0 Å². The van der Waals surface area contributed by atoms with Gasteiger partial charge in [-0.3, -0.25) is 0 Å². The highest BCUT2D eigenvalue weighted by Gasteiger charge is 2.13. The van der Waals surface area contributed by atoms with Crippen molar-refractivity contribution in [3.8, 4) is 32.3 Å². The largest absolute Gasteiger partial charge is 0.236 e. The van der Waals surface area contributed by atoms with E-state index in [0.717, 1.165) is 32.2 Å². The Bertz CT molecular complexity index is 1170. The van der Waals surface area contributed by atoms with Crippen molar-refractivity contribution in [3.05, 3.63) is 60.7 Å². The van der Waals surface area contributed by atoms with E-state index in [-0.39, 0.29) is 0 Å². The molecule has 0 amide bonds. The lowest BCUT2D eigenvalue weighted by Crippen LogP contribution is -1.79. The van der Waals surface area contributed by atoms with Gasteiger partial charge in [0.25, 0.3) is 0 Å². The first-order chi connectivity index (χ1) is 11.8. The third kappa shape index (κ3) is 1.75. The SMILES string of the molecule is c1cc2cc(c1)-c1nc3cc(ccc3s1)-c1ccc3sc-2nc3c1. The van der Waals surface area contributed by atoms with E-state index in [4.69, 9.17) is 9.97 Å². The highest BCUT2D eigenvalue weighted by Crippen LogP contribution is 2.38. The molecule has 24 heavy (non-hydrogen) atoms. The molecule has 5 aromatic rings. The summed E-state index contributed by atoms with van der Waals surface area (Å²) in [7, 11) is 0. The minimum atomic E-state index is 1.07. The van der Waals surface area contributed by atoms with E-state index in [1.165, 1.54) is 20.5 Å². The fraction of sp³-hybridized carbons (Fsp3) is 0. The topological polar surface area (TPSA) is 25.8 Å². The molecule has 3 heterocycles. The number of rotatable bonds is 0. The molecule has 6 rings (SSSR count).